The van der Waals surface area contributed by atoms with Gasteiger partial charge < -0.3 is 10.5 Å². The SMILES string of the molecule is N#Cc1ncc(Br)c(N)c1CC1CCOCC1. The lowest BCUT2D eigenvalue weighted by molar-refractivity contribution is 0.0665. The Morgan fingerprint density at radius 3 is 2.88 bits per heavy atom. The fourth-order valence-corrected chi connectivity index (χ4v) is 2.42. The van der Waals surface area contributed by atoms with Crippen LogP contribution in [0.15, 0.2) is 10.7 Å². The molecule has 5 heteroatoms. The van der Waals surface area contributed by atoms with Crippen molar-refractivity contribution in [1.29, 1.82) is 5.26 Å². The number of halogens is 1. The monoisotopic (exact) mass is 295 g/mol. The van der Waals surface area contributed by atoms with Gasteiger partial charge in [0.05, 0.1) is 10.2 Å². The van der Waals surface area contributed by atoms with Gasteiger partial charge in [0.15, 0.2) is 0 Å². The molecule has 0 unspecified atom stereocenters. The molecule has 2 heterocycles. The summed E-state index contributed by atoms with van der Waals surface area (Å²) in [5.74, 6) is 0.536. The molecule has 0 bridgehead atoms. The zero-order chi connectivity index (χ0) is 12.3. The first-order valence-electron chi connectivity index (χ1n) is 5.63. The highest BCUT2D eigenvalue weighted by Crippen LogP contribution is 2.29. The number of hydrogen-bond donors (Lipinski definition) is 1. The Balaban J connectivity index is 2.24. The normalized spacial score (nSPS) is 16.7. The fourth-order valence-electron chi connectivity index (χ4n) is 2.08. The van der Waals surface area contributed by atoms with Gasteiger partial charge in [-0.25, -0.2) is 4.98 Å². The number of ether oxygens (including phenoxy) is 1. The van der Waals surface area contributed by atoms with Crippen LogP contribution < -0.4 is 5.73 Å². The lowest BCUT2D eigenvalue weighted by atomic mass is 9.91. The number of hydrogen-bond acceptors (Lipinski definition) is 4. The molecular formula is C12H14BrN3O. The molecule has 1 aliphatic heterocycles. The van der Waals surface area contributed by atoms with Gasteiger partial charge in [0, 0.05) is 25.0 Å². The molecule has 1 fully saturated rings. The van der Waals surface area contributed by atoms with Crippen LogP contribution >= 0.6 is 15.9 Å². The highest BCUT2D eigenvalue weighted by Gasteiger charge is 2.19. The van der Waals surface area contributed by atoms with Crippen LogP contribution in [0.3, 0.4) is 0 Å². The van der Waals surface area contributed by atoms with Gasteiger partial charge in [-0.1, -0.05) is 0 Å². The van der Waals surface area contributed by atoms with E-state index in [9.17, 15) is 0 Å². The van der Waals surface area contributed by atoms with E-state index in [1.54, 1.807) is 6.20 Å². The van der Waals surface area contributed by atoms with E-state index in [0.29, 0.717) is 17.3 Å². The van der Waals surface area contributed by atoms with Crippen LogP contribution in [0, 0.1) is 17.2 Å². The Labute approximate surface area is 109 Å². The second-order valence-electron chi connectivity index (χ2n) is 4.22. The van der Waals surface area contributed by atoms with Crippen molar-refractivity contribution >= 4 is 21.6 Å². The third kappa shape index (κ3) is 2.76. The second-order valence-corrected chi connectivity index (χ2v) is 5.07. The summed E-state index contributed by atoms with van der Waals surface area (Å²) >= 11 is 3.35. The van der Waals surface area contributed by atoms with Crippen molar-refractivity contribution in [3.63, 3.8) is 0 Å². The Kier molecular flexibility index (Phi) is 3.97. The summed E-state index contributed by atoms with van der Waals surface area (Å²) in [6, 6.07) is 2.11. The molecule has 1 aliphatic rings. The molecule has 4 nitrogen and oxygen atoms in total. The first kappa shape index (κ1) is 12.3. The van der Waals surface area contributed by atoms with E-state index >= 15 is 0 Å². The molecule has 17 heavy (non-hydrogen) atoms. The molecule has 0 atom stereocenters. The summed E-state index contributed by atoms with van der Waals surface area (Å²) in [6.07, 6.45) is 4.44. The van der Waals surface area contributed by atoms with Gasteiger partial charge in [0.2, 0.25) is 0 Å². The number of pyridine rings is 1. The van der Waals surface area contributed by atoms with Crippen LogP contribution in [0.25, 0.3) is 0 Å². The van der Waals surface area contributed by atoms with Gasteiger partial charge in [-0.2, -0.15) is 5.26 Å². The summed E-state index contributed by atoms with van der Waals surface area (Å²) < 4.78 is 6.09. The van der Waals surface area contributed by atoms with Gasteiger partial charge >= 0.3 is 0 Å². The molecule has 2 N–H and O–H groups in total. The Morgan fingerprint density at radius 1 is 1.53 bits per heavy atom. The molecule has 0 radical (unpaired) electrons. The van der Waals surface area contributed by atoms with Crippen LogP contribution in [-0.2, 0) is 11.2 Å². The molecule has 0 spiro atoms. The molecule has 1 aromatic rings. The first-order valence-corrected chi connectivity index (χ1v) is 6.42. The summed E-state index contributed by atoms with van der Waals surface area (Å²) in [6.45, 7) is 1.60. The maximum Gasteiger partial charge on any atom is 0.145 e. The molecule has 0 saturated carbocycles. The standard InChI is InChI=1S/C12H14BrN3O/c13-10-7-16-11(6-14)9(12(10)15)5-8-1-3-17-4-2-8/h7-8H,1-5H2,(H2,15,16). The van der Waals surface area contributed by atoms with E-state index < -0.39 is 0 Å². The quantitative estimate of drug-likeness (QED) is 0.908. The van der Waals surface area contributed by atoms with Crippen molar-refractivity contribution in [2.45, 2.75) is 19.3 Å². The number of nitrogen functional groups attached to an aromatic ring is 1. The number of aromatic nitrogens is 1. The van der Waals surface area contributed by atoms with Gasteiger partial charge in [-0.05, 0) is 41.1 Å². The Morgan fingerprint density at radius 2 is 2.24 bits per heavy atom. The van der Waals surface area contributed by atoms with Crippen molar-refractivity contribution < 1.29 is 4.74 Å². The fraction of sp³-hybridized carbons (Fsp3) is 0.500. The zero-order valence-corrected chi connectivity index (χ0v) is 11.0. The largest absolute Gasteiger partial charge is 0.397 e. The average Bonchev–Trinajstić information content (AvgIpc) is 2.37. The van der Waals surface area contributed by atoms with Crippen molar-refractivity contribution in [2.75, 3.05) is 18.9 Å². The highest BCUT2D eigenvalue weighted by atomic mass is 79.9. The number of nitrogens with zero attached hydrogens (tertiary/aromatic N) is 2. The molecule has 0 aliphatic carbocycles. The van der Waals surface area contributed by atoms with Crippen LogP contribution in [0.5, 0.6) is 0 Å². The van der Waals surface area contributed by atoms with Crippen LogP contribution in [0.1, 0.15) is 24.1 Å². The molecule has 0 amide bonds. The van der Waals surface area contributed by atoms with Crippen molar-refractivity contribution in [2.24, 2.45) is 5.92 Å². The number of nitriles is 1. The summed E-state index contributed by atoms with van der Waals surface area (Å²) in [5, 5.41) is 9.06. The molecule has 1 saturated heterocycles. The lowest BCUT2D eigenvalue weighted by Crippen LogP contribution is -2.19. The molecule has 90 valence electrons. The van der Waals surface area contributed by atoms with Gasteiger partial charge in [-0.15, -0.1) is 0 Å². The van der Waals surface area contributed by atoms with Gasteiger partial charge in [-0.3, -0.25) is 0 Å². The van der Waals surface area contributed by atoms with Crippen molar-refractivity contribution in [1.82, 2.24) is 4.98 Å². The minimum Gasteiger partial charge on any atom is -0.397 e. The average molecular weight is 296 g/mol. The van der Waals surface area contributed by atoms with Gasteiger partial charge in [0.1, 0.15) is 11.8 Å². The molecule has 2 rings (SSSR count). The molecule has 0 aromatic carbocycles. The van der Waals surface area contributed by atoms with Gasteiger partial charge in [0.25, 0.3) is 0 Å². The number of nitrogens with two attached hydrogens (primary N) is 1. The number of rotatable bonds is 2. The predicted molar refractivity (Wildman–Crippen MR) is 68.3 cm³/mol. The van der Waals surface area contributed by atoms with E-state index in [0.717, 1.165) is 42.5 Å². The van der Waals surface area contributed by atoms with Crippen LogP contribution in [-0.4, -0.2) is 18.2 Å². The maximum absolute atomic E-state index is 9.06. The summed E-state index contributed by atoms with van der Waals surface area (Å²) in [7, 11) is 0. The predicted octanol–water partition coefficient (Wildman–Crippen LogP) is 2.27. The topological polar surface area (TPSA) is 71.9 Å². The summed E-state index contributed by atoms with van der Waals surface area (Å²) in [4.78, 5) is 4.10. The third-order valence-corrected chi connectivity index (χ3v) is 3.75. The maximum atomic E-state index is 9.06. The van der Waals surface area contributed by atoms with Crippen molar-refractivity contribution in [3.8, 4) is 6.07 Å². The Hall–Kier alpha value is -1.12. The third-order valence-electron chi connectivity index (χ3n) is 3.11. The smallest absolute Gasteiger partial charge is 0.145 e. The van der Waals surface area contributed by atoms with E-state index in [1.807, 2.05) is 0 Å². The lowest BCUT2D eigenvalue weighted by Gasteiger charge is -2.22. The minimum atomic E-state index is 0.442. The first-order chi connectivity index (χ1) is 8.22. The van der Waals surface area contributed by atoms with E-state index in [-0.39, 0.29) is 0 Å². The molecular weight excluding hydrogens is 282 g/mol. The minimum absolute atomic E-state index is 0.442. The summed E-state index contributed by atoms with van der Waals surface area (Å²) in [5.41, 5.74) is 7.96. The van der Waals surface area contributed by atoms with E-state index in [4.69, 9.17) is 15.7 Å². The Bertz CT molecular complexity index is 450. The van der Waals surface area contributed by atoms with E-state index in [2.05, 4.69) is 27.0 Å². The van der Waals surface area contributed by atoms with E-state index in [1.165, 1.54) is 0 Å². The zero-order valence-electron chi connectivity index (χ0n) is 9.45. The van der Waals surface area contributed by atoms with Crippen LogP contribution in [0.2, 0.25) is 0 Å². The van der Waals surface area contributed by atoms with Crippen LogP contribution in [0.4, 0.5) is 5.69 Å². The van der Waals surface area contributed by atoms with Crippen molar-refractivity contribution in [3.05, 3.63) is 21.9 Å². The highest BCUT2D eigenvalue weighted by molar-refractivity contribution is 9.10. The second kappa shape index (κ2) is 5.48. The molecule has 1 aromatic heterocycles. The number of anilines is 1.